The summed E-state index contributed by atoms with van der Waals surface area (Å²) in [4.78, 5) is 2.35. The van der Waals surface area contributed by atoms with Crippen LogP contribution in [0.3, 0.4) is 0 Å². The molecule has 0 amide bonds. The van der Waals surface area contributed by atoms with Crippen molar-refractivity contribution in [3.63, 3.8) is 0 Å². The van der Waals surface area contributed by atoms with Crippen molar-refractivity contribution in [3.05, 3.63) is 277 Å². The largest absolute Gasteiger partial charge is 0.310 e. The number of benzene rings is 11. The van der Waals surface area contributed by atoms with Crippen molar-refractivity contribution in [2.45, 2.75) is 5.41 Å². The summed E-state index contributed by atoms with van der Waals surface area (Å²) < 4.78 is 2.54. The van der Waals surface area contributed by atoms with E-state index in [4.69, 9.17) is 0 Å². The van der Waals surface area contributed by atoms with Crippen molar-refractivity contribution in [2.75, 3.05) is 4.90 Å². The molecule has 0 saturated carbocycles. The zero-order chi connectivity index (χ0) is 42.9. The Kier molecular flexibility index (Phi) is 8.47. The lowest BCUT2D eigenvalue weighted by Crippen LogP contribution is -2.28. The molecule has 2 heteroatoms. The Morgan fingerprint density at radius 3 is 1.57 bits per heavy atom. The number of hydrogen-bond donors (Lipinski definition) is 0. The Balaban J connectivity index is 1.11. The maximum atomic E-state index is 2.54. The molecular formula is C63H42N2. The predicted octanol–water partition coefficient (Wildman–Crippen LogP) is 16.6. The molecule has 0 N–H and O–H groups in total. The van der Waals surface area contributed by atoms with Gasteiger partial charge in [0.25, 0.3) is 0 Å². The third-order valence-electron chi connectivity index (χ3n) is 13.8. The molecule has 2 nitrogen and oxygen atoms in total. The molecule has 13 rings (SSSR count). The first-order valence-corrected chi connectivity index (χ1v) is 22.5. The lowest BCUT2D eigenvalue weighted by molar-refractivity contribution is 0.767. The van der Waals surface area contributed by atoms with Crippen LogP contribution in [0, 0.1) is 0 Å². The first-order valence-electron chi connectivity index (χ1n) is 22.5. The molecule has 0 unspecified atom stereocenters. The normalized spacial score (nSPS) is 12.7. The molecule has 0 radical (unpaired) electrons. The van der Waals surface area contributed by atoms with Crippen LogP contribution < -0.4 is 4.90 Å². The van der Waals surface area contributed by atoms with Gasteiger partial charge in [0.1, 0.15) is 0 Å². The first kappa shape index (κ1) is 37.1. The summed E-state index contributed by atoms with van der Waals surface area (Å²) in [5.41, 5.74) is 16.4. The van der Waals surface area contributed by atoms with Gasteiger partial charge in [-0.3, -0.25) is 0 Å². The van der Waals surface area contributed by atoms with Crippen molar-refractivity contribution >= 4 is 60.4 Å². The second-order valence-electron chi connectivity index (χ2n) is 17.2. The van der Waals surface area contributed by atoms with Gasteiger partial charge in [0.2, 0.25) is 0 Å². The van der Waals surface area contributed by atoms with E-state index in [0.717, 1.165) is 28.3 Å². The van der Waals surface area contributed by atoms with Gasteiger partial charge in [-0.25, -0.2) is 0 Å². The number of hydrogen-bond acceptors (Lipinski definition) is 1. The monoisotopic (exact) mass is 826 g/mol. The van der Waals surface area contributed by atoms with E-state index in [2.05, 4.69) is 264 Å². The molecule has 65 heavy (non-hydrogen) atoms. The highest BCUT2D eigenvalue weighted by molar-refractivity contribution is 6.26. The SMILES string of the molecule is c1ccc(N(c2ccccc2)c2cccc(-c3cc4c(c5ccccc35)c3cc5ccccc5cc3n4-c3ccc4c(c3)C(c3ccccc3)(c3ccccc3)c3ccccc3-4)c2)cc1. The van der Waals surface area contributed by atoms with Crippen LogP contribution in [-0.2, 0) is 5.41 Å². The smallest absolute Gasteiger partial charge is 0.0714 e. The first-order chi connectivity index (χ1) is 32.3. The van der Waals surface area contributed by atoms with E-state index in [-0.39, 0.29) is 0 Å². The van der Waals surface area contributed by atoms with Crippen LogP contribution in [0.2, 0.25) is 0 Å². The van der Waals surface area contributed by atoms with E-state index in [1.165, 1.54) is 82.3 Å². The minimum absolute atomic E-state index is 0.516. The zero-order valence-corrected chi connectivity index (χ0v) is 35.6. The van der Waals surface area contributed by atoms with Gasteiger partial charge < -0.3 is 9.47 Å². The topological polar surface area (TPSA) is 8.17 Å². The molecule has 1 aromatic heterocycles. The molecule has 304 valence electrons. The summed E-state index contributed by atoms with van der Waals surface area (Å²) in [6.45, 7) is 0. The molecule has 1 heterocycles. The molecular weight excluding hydrogens is 785 g/mol. The van der Waals surface area contributed by atoms with Crippen molar-refractivity contribution in [1.29, 1.82) is 0 Å². The van der Waals surface area contributed by atoms with Crippen molar-refractivity contribution in [2.24, 2.45) is 0 Å². The standard InChI is InChI=1S/C63H42N2/c1-5-23-46(24-6-1)63(47-25-7-2-8-26-47)58-35-18-17-33-53(58)54-37-36-51(41-59(54)63)65-60-40-44-21-14-13-20-43(44)39-57(60)62-55-34-16-15-32-52(55)56(42-61(62)65)45-22-19-31-50(38-45)64(48-27-9-3-10-28-48)49-29-11-4-12-30-49/h1-42H. The van der Waals surface area contributed by atoms with Gasteiger partial charge in [0, 0.05) is 33.5 Å². The third kappa shape index (κ3) is 5.67. The summed E-state index contributed by atoms with van der Waals surface area (Å²) in [5.74, 6) is 0. The van der Waals surface area contributed by atoms with E-state index >= 15 is 0 Å². The van der Waals surface area contributed by atoms with Crippen molar-refractivity contribution < 1.29 is 0 Å². The lowest BCUT2D eigenvalue weighted by Gasteiger charge is -2.34. The number of rotatable bonds is 7. The molecule has 0 aliphatic heterocycles. The highest BCUT2D eigenvalue weighted by Crippen LogP contribution is 2.57. The number of aromatic nitrogens is 1. The number of fused-ring (bicyclic) bond motifs is 9. The highest BCUT2D eigenvalue weighted by Gasteiger charge is 2.46. The molecule has 1 aliphatic carbocycles. The fourth-order valence-corrected chi connectivity index (χ4v) is 11.1. The molecule has 0 bridgehead atoms. The van der Waals surface area contributed by atoms with Crippen LogP contribution in [0.25, 0.3) is 71.3 Å². The van der Waals surface area contributed by atoms with Gasteiger partial charge in [-0.2, -0.15) is 0 Å². The van der Waals surface area contributed by atoms with Gasteiger partial charge in [-0.05, 0) is 133 Å². The zero-order valence-electron chi connectivity index (χ0n) is 35.6. The summed E-state index contributed by atoms with van der Waals surface area (Å²) in [7, 11) is 0. The van der Waals surface area contributed by atoms with Gasteiger partial charge in [0.15, 0.2) is 0 Å². The van der Waals surface area contributed by atoms with Gasteiger partial charge in [-0.1, -0.05) is 188 Å². The van der Waals surface area contributed by atoms with Crippen LogP contribution in [-0.4, -0.2) is 4.57 Å². The van der Waals surface area contributed by atoms with E-state index in [1.54, 1.807) is 0 Å². The molecule has 0 fully saturated rings. The minimum atomic E-state index is -0.516. The van der Waals surface area contributed by atoms with Crippen LogP contribution in [0.4, 0.5) is 17.1 Å². The summed E-state index contributed by atoms with van der Waals surface area (Å²) in [6, 6.07) is 93.9. The van der Waals surface area contributed by atoms with Crippen LogP contribution in [0.1, 0.15) is 22.3 Å². The summed E-state index contributed by atoms with van der Waals surface area (Å²) in [6.07, 6.45) is 0. The molecule has 11 aromatic carbocycles. The minimum Gasteiger partial charge on any atom is -0.310 e. The number of nitrogens with zero attached hydrogens (tertiary/aromatic N) is 2. The van der Waals surface area contributed by atoms with Crippen LogP contribution in [0.5, 0.6) is 0 Å². The number of anilines is 3. The summed E-state index contributed by atoms with van der Waals surface area (Å²) >= 11 is 0. The Labute approximate surface area is 378 Å². The Morgan fingerprint density at radius 2 is 0.877 bits per heavy atom. The average molecular weight is 827 g/mol. The lowest BCUT2D eigenvalue weighted by atomic mass is 9.67. The maximum Gasteiger partial charge on any atom is 0.0714 e. The molecule has 12 aromatic rings. The van der Waals surface area contributed by atoms with E-state index in [1.807, 2.05) is 0 Å². The maximum absolute atomic E-state index is 2.54. The Bertz CT molecular complexity index is 3680. The quantitative estimate of drug-likeness (QED) is 0.155. The third-order valence-corrected chi connectivity index (χ3v) is 13.8. The van der Waals surface area contributed by atoms with Crippen LogP contribution >= 0.6 is 0 Å². The average Bonchev–Trinajstić information content (AvgIpc) is 3.86. The Hall–Kier alpha value is -8.46. The molecule has 0 spiro atoms. The second kappa shape index (κ2) is 14.8. The molecule has 0 atom stereocenters. The van der Waals surface area contributed by atoms with Crippen molar-refractivity contribution in [1.82, 2.24) is 4.57 Å². The van der Waals surface area contributed by atoms with Gasteiger partial charge >= 0.3 is 0 Å². The van der Waals surface area contributed by atoms with Crippen molar-refractivity contribution in [3.8, 4) is 27.9 Å². The summed E-state index contributed by atoms with van der Waals surface area (Å²) in [5, 5.41) is 7.43. The molecule has 0 saturated heterocycles. The second-order valence-corrected chi connectivity index (χ2v) is 17.2. The van der Waals surface area contributed by atoms with E-state index in [9.17, 15) is 0 Å². The van der Waals surface area contributed by atoms with Crippen LogP contribution in [0.15, 0.2) is 255 Å². The fraction of sp³-hybridized carbons (Fsp3) is 0.0159. The number of para-hydroxylation sites is 2. The Morgan fingerprint density at radius 1 is 0.323 bits per heavy atom. The van der Waals surface area contributed by atoms with E-state index < -0.39 is 5.41 Å². The fourth-order valence-electron chi connectivity index (χ4n) is 11.1. The molecule has 1 aliphatic rings. The van der Waals surface area contributed by atoms with Gasteiger partial charge in [-0.15, -0.1) is 0 Å². The van der Waals surface area contributed by atoms with Gasteiger partial charge in [0.05, 0.1) is 16.4 Å². The van der Waals surface area contributed by atoms with E-state index in [0.29, 0.717) is 0 Å². The highest BCUT2D eigenvalue weighted by atomic mass is 15.1. The predicted molar refractivity (Wildman–Crippen MR) is 273 cm³/mol.